The maximum atomic E-state index is 9.43. The van der Waals surface area contributed by atoms with Gasteiger partial charge < -0.3 is 15.7 Å². The van der Waals surface area contributed by atoms with Crippen LogP contribution in [-0.4, -0.2) is 17.9 Å². The molecule has 0 aromatic heterocycles. The topological polar surface area (TPSA) is 49.5 Å². The van der Waals surface area contributed by atoms with Gasteiger partial charge in [-0.1, -0.05) is 0 Å². The van der Waals surface area contributed by atoms with Gasteiger partial charge in [0.2, 0.25) is 0 Å². The molecule has 0 saturated heterocycles. The van der Waals surface area contributed by atoms with Crippen LogP contribution in [0, 0.1) is 0 Å². The molecule has 1 rings (SSSR count). The van der Waals surface area contributed by atoms with Gasteiger partial charge in [0.1, 0.15) is 6.23 Å². The molecule has 13 heavy (non-hydrogen) atoms. The van der Waals surface area contributed by atoms with Crippen LogP contribution < -0.4 is 10.6 Å². The highest BCUT2D eigenvalue weighted by atomic mass is 16.3. The number of nitrogens with two attached hydrogens (primary N) is 1. The molecule has 3 N–H and O–H groups in total. The standard InChI is InChI=1S/C10H16N2O/c1-3-12(8(2)13)10-6-4-9(11)5-7-10/h4-8,13H,3,11H2,1-2H3/t8-/m0/s1. The van der Waals surface area contributed by atoms with Gasteiger partial charge in [0.15, 0.2) is 0 Å². The monoisotopic (exact) mass is 180 g/mol. The van der Waals surface area contributed by atoms with E-state index in [9.17, 15) is 5.11 Å². The van der Waals surface area contributed by atoms with E-state index in [2.05, 4.69) is 0 Å². The maximum absolute atomic E-state index is 9.43. The van der Waals surface area contributed by atoms with Crippen molar-refractivity contribution in [2.75, 3.05) is 17.2 Å². The van der Waals surface area contributed by atoms with E-state index in [1.165, 1.54) is 0 Å². The third kappa shape index (κ3) is 2.36. The fraction of sp³-hybridized carbons (Fsp3) is 0.400. The summed E-state index contributed by atoms with van der Waals surface area (Å²) in [6.45, 7) is 4.53. The quantitative estimate of drug-likeness (QED) is 0.546. The van der Waals surface area contributed by atoms with Crippen molar-refractivity contribution in [3.63, 3.8) is 0 Å². The number of hydrogen-bond donors (Lipinski definition) is 2. The Labute approximate surface area is 78.8 Å². The minimum absolute atomic E-state index is 0.464. The molecule has 1 aromatic carbocycles. The molecule has 0 aliphatic heterocycles. The molecule has 0 aliphatic rings. The number of hydrogen-bond acceptors (Lipinski definition) is 3. The van der Waals surface area contributed by atoms with Crippen molar-refractivity contribution in [3.8, 4) is 0 Å². The summed E-state index contributed by atoms with van der Waals surface area (Å²) in [6, 6.07) is 7.48. The molecule has 0 radical (unpaired) electrons. The summed E-state index contributed by atoms with van der Waals surface area (Å²) < 4.78 is 0. The van der Waals surface area contributed by atoms with Gasteiger partial charge in [-0.3, -0.25) is 0 Å². The Bertz CT molecular complexity index is 256. The van der Waals surface area contributed by atoms with Gasteiger partial charge in [-0.05, 0) is 38.1 Å². The Kier molecular flexibility index (Phi) is 3.14. The minimum atomic E-state index is -0.464. The molecule has 0 bridgehead atoms. The summed E-state index contributed by atoms with van der Waals surface area (Å²) >= 11 is 0. The first kappa shape index (κ1) is 9.86. The fourth-order valence-corrected chi connectivity index (χ4v) is 1.33. The number of rotatable bonds is 3. The lowest BCUT2D eigenvalue weighted by Crippen LogP contribution is -2.32. The van der Waals surface area contributed by atoms with E-state index in [1.807, 2.05) is 36.1 Å². The lowest BCUT2D eigenvalue weighted by Gasteiger charge is -2.26. The second-order valence-corrected chi connectivity index (χ2v) is 3.01. The van der Waals surface area contributed by atoms with Gasteiger partial charge in [-0.15, -0.1) is 0 Å². The van der Waals surface area contributed by atoms with Crippen molar-refractivity contribution in [1.82, 2.24) is 0 Å². The van der Waals surface area contributed by atoms with Crippen molar-refractivity contribution in [3.05, 3.63) is 24.3 Å². The van der Waals surface area contributed by atoms with Crippen LogP contribution in [0.1, 0.15) is 13.8 Å². The van der Waals surface area contributed by atoms with Gasteiger partial charge in [-0.2, -0.15) is 0 Å². The molecule has 0 heterocycles. The van der Waals surface area contributed by atoms with E-state index in [1.54, 1.807) is 6.92 Å². The van der Waals surface area contributed by atoms with Gasteiger partial charge in [0.05, 0.1) is 0 Å². The van der Waals surface area contributed by atoms with Gasteiger partial charge in [0.25, 0.3) is 0 Å². The normalized spacial score (nSPS) is 12.5. The van der Waals surface area contributed by atoms with E-state index in [0.717, 1.165) is 17.9 Å². The van der Waals surface area contributed by atoms with E-state index >= 15 is 0 Å². The number of nitrogen functional groups attached to an aromatic ring is 1. The summed E-state index contributed by atoms with van der Waals surface area (Å²) in [5.41, 5.74) is 7.30. The number of benzene rings is 1. The van der Waals surface area contributed by atoms with Crippen LogP contribution in [0.2, 0.25) is 0 Å². The van der Waals surface area contributed by atoms with E-state index in [4.69, 9.17) is 5.73 Å². The third-order valence-electron chi connectivity index (χ3n) is 2.02. The highest BCUT2D eigenvalue weighted by Crippen LogP contribution is 2.17. The molecule has 72 valence electrons. The average Bonchev–Trinajstić information content (AvgIpc) is 2.09. The predicted molar refractivity (Wildman–Crippen MR) is 55.6 cm³/mol. The smallest absolute Gasteiger partial charge is 0.124 e. The SMILES string of the molecule is CCN(c1ccc(N)cc1)[C@H](C)O. The molecule has 3 heteroatoms. The molecule has 0 fully saturated rings. The lowest BCUT2D eigenvalue weighted by atomic mass is 10.2. The molecule has 1 atom stereocenters. The van der Waals surface area contributed by atoms with Crippen LogP contribution in [0.4, 0.5) is 11.4 Å². The molecule has 0 amide bonds. The van der Waals surface area contributed by atoms with Crippen LogP contribution in [-0.2, 0) is 0 Å². The summed E-state index contributed by atoms with van der Waals surface area (Å²) in [5.74, 6) is 0. The van der Waals surface area contributed by atoms with E-state index in [0.29, 0.717) is 0 Å². The molecule has 0 saturated carbocycles. The highest BCUT2D eigenvalue weighted by Gasteiger charge is 2.08. The molecular formula is C10H16N2O. The summed E-state index contributed by atoms with van der Waals surface area (Å²) in [7, 11) is 0. The van der Waals surface area contributed by atoms with Crippen molar-refractivity contribution >= 4 is 11.4 Å². The van der Waals surface area contributed by atoms with Crippen molar-refractivity contribution in [1.29, 1.82) is 0 Å². The van der Waals surface area contributed by atoms with Crippen LogP contribution in [0.25, 0.3) is 0 Å². The highest BCUT2D eigenvalue weighted by molar-refractivity contribution is 5.53. The van der Waals surface area contributed by atoms with E-state index in [-0.39, 0.29) is 0 Å². The summed E-state index contributed by atoms with van der Waals surface area (Å²) in [6.07, 6.45) is -0.464. The molecule has 1 aromatic rings. The van der Waals surface area contributed by atoms with Crippen LogP contribution in [0.3, 0.4) is 0 Å². The molecule has 3 nitrogen and oxygen atoms in total. The zero-order valence-electron chi connectivity index (χ0n) is 8.07. The number of aliphatic hydroxyl groups excluding tert-OH is 1. The molecular weight excluding hydrogens is 164 g/mol. The number of anilines is 2. The maximum Gasteiger partial charge on any atom is 0.124 e. The van der Waals surface area contributed by atoms with Gasteiger partial charge >= 0.3 is 0 Å². The minimum Gasteiger partial charge on any atom is -0.399 e. The zero-order chi connectivity index (χ0) is 9.84. The Morgan fingerprint density at radius 2 is 1.92 bits per heavy atom. The average molecular weight is 180 g/mol. The summed E-state index contributed by atoms with van der Waals surface area (Å²) in [5, 5.41) is 9.43. The molecule has 0 unspecified atom stereocenters. The summed E-state index contributed by atoms with van der Waals surface area (Å²) in [4.78, 5) is 1.89. The van der Waals surface area contributed by atoms with Crippen LogP contribution >= 0.6 is 0 Å². The zero-order valence-corrected chi connectivity index (χ0v) is 8.07. The lowest BCUT2D eigenvalue weighted by molar-refractivity contribution is 0.190. The first-order valence-corrected chi connectivity index (χ1v) is 4.45. The van der Waals surface area contributed by atoms with Gasteiger partial charge in [-0.25, -0.2) is 0 Å². The largest absolute Gasteiger partial charge is 0.399 e. The number of aliphatic hydroxyl groups is 1. The fourth-order valence-electron chi connectivity index (χ4n) is 1.33. The first-order valence-electron chi connectivity index (χ1n) is 4.45. The van der Waals surface area contributed by atoms with Crippen molar-refractivity contribution in [2.45, 2.75) is 20.1 Å². The third-order valence-corrected chi connectivity index (χ3v) is 2.02. The molecule has 0 spiro atoms. The van der Waals surface area contributed by atoms with Crippen LogP contribution in [0.5, 0.6) is 0 Å². The van der Waals surface area contributed by atoms with Crippen LogP contribution in [0.15, 0.2) is 24.3 Å². The Hall–Kier alpha value is -1.22. The van der Waals surface area contributed by atoms with Crippen molar-refractivity contribution < 1.29 is 5.11 Å². The second-order valence-electron chi connectivity index (χ2n) is 3.01. The number of nitrogens with zero attached hydrogens (tertiary/aromatic N) is 1. The van der Waals surface area contributed by atoms with Crippen molar-refractivity contribution in [2.24, 2.45) is 0 Å². The first-order chi connectivity index (χ1) is 6.15. The second kappa shape index (κ2) is 4.14. The van der Waals surface area contributed by atoms with E-state index < -0.39 is 6.23 Å². The van der Waals surface area contributed by atoms with Gasteiger partial charge in [0, 0.05) is 17.9 Å². The Morgan fingerprint density at radius 3 is 2.31 bits per heavy atom. The predicted octanol–water partition coefficient (Wildman–Crippen LogP) is 1.43. The molecule has 0 aliphatic carbocycles. The Balaban J connectivity index is 2.86. The Morgan fingerprint density at radius 1 is 1.38 bits per heavy atom.